The van der Waals surface area contributed by atoms with Crippen molar-refractivity contribution >= 4 is 32.6 Å². The Morgan fingerprint density at radius 3 is 2.62 bits per heavy atom. The molecule has 0 atom stereocenters. The highest BCUT2D eigenvalue weighted by Crippen LogP contribution is 2.29. The van der Waals surface area contributed by atoms with Gasteiger partial charge in [0, 0.05) is 11.9 Å². The molecule has 1 heterocycles. The minimum atomic E-state index is -4.53. The summed E-state index contributed by atoms with van der Waals surface area (Å²) < 4.78 is 65.4. The van der Waals surface area contributed by atoms with E-state index in [1.54, 1.807) is 0 Å². The second-order valence-electron chi connectivity index (χ2n) is 4.47. The number of nitrogens with zero attached hydrogens (tertiary/aromatic N) is 1. The Morgan fingerprint density at radius 1 is 1.33 bits per heavy atom. The SMILES string of the molecule is O=C(O)c1csc(NS(=O)(=O)NCc2cccc(C(F)(F)F)c2)n1. The van der Waals surface area contributed by atoms with Crippen LogP contribution in [0.5, 0.6) is 0 Å². The molecule has 0 saturated heterocycles. The predicted octanol–water partition coefficient (Wildman–Crippen LogP) is 2.31. The van der Waals surface area contributed by atoms with Crippen molar-refractivity contribution < 1.29 is 31.5 Å². The molecule has 0 spiro atoms. The van der Waals surface area contributed by atoms with Crippen molar-refractivity contribution in [3.63, 3.8) is 0 Å². The molecule has 2 rings (SSSR count). The number of aromatic carboxylic acids is 1. The van der Waals surface area contributed by atoms with E-state index in [0.29, 0.717) is 0 Å². The molecular weight excluding hydrogens is 371 g/mol. The van der Waals surface area contributed by atoms with Gasteiger partial charge in [-0.15, -0.1) is 11.3 Å². The first-order valence-corrected chi connectivity index (χ1v) is 8.55. The highest BCUT2D eigenvalue weighted by molar-refractivity contribution is 7.91. The summed E-state index contributed by atoms with van der Waals surface area (Å²) in [5.41, 5.74) is -1.10. The molecule has 7 nitrogen and oxygen atoms in total. The molecule has 2 aromatic rings. The van der Waals surface area contributed by atoms with Gasteiger partial charge in [0.15, 0.2) is 10.8 Å². The van der Waals surface area contributed by atoms with Crippen LogP contribution in [0.3, 0.4) is 0 Å². The number of anilines is 1. The summed E-state index contributed by atoms with van der Waals surface area (Å²) in [7, 11) is -4.12. The monoisotopic (exact) mass is 381 g/mol. The molecule has 130 valence electrons. The molecule has 0 radical (unpaired) electrons. The molecule has 0 aliphatic rings. The van der Waals surface area contributed by atoms with Crippen molar-refractivity contribution in [3.8, 4) is 0 Å². The fourth-order valence-electron chi connectivity index (χ4n) is 1.61. The smallest absolute Gasteiger partial charge is 0.416 e. The van der Waals surface area contributed by atoms with E-state index in [9.17, 15) is 26.4 Å². The molecule has 1 aromatic heterocycles. The maximum Gasteiger partial charge on any atom is 0.416 e. The fourth-order valence-corrected chi connectivity index (χ4v) is 3.36. The van der Waals surface area contributed by atoms with Crippen molar-refractivity contribution in [2.75, 3.05) is 4.72 Å². The number of hydrogen-bond acceptors (Lipinski definition) is 5. The van der Waals surface area contributed by atoms with E-state index in [1.807, 2.05) is 4.72 Å². The number of nitrogens with one attached hydrogen (secondary N) is 2. The Hall–Kier alpha value is -2.18. The van der Waals surface area contributed by atoms with Gasteiger partial charge in [0.05, 0.1) is 5.56 Å². The van der Waals surface area contributed by atoms with E-state index in [-0.39, 0.29) is 22.9 Å². The van der Waals surface area contributed by atoms with Gasteiger partial charge in [0.2, 0.25) is 0 Å². The fraction of sp³-hybridized carbons (Fsp3) is 0.167. The Morgan fingerprint density at radius 2 is 2.04 bits per heavy atom. The van der Waals surface area contributed by atoms with Gasteiger partial charge >= 0.3 is 22.4 Å². The third-order valence-electron chi connectivity index (χ3n) is 2.67. The van der Waals surface area contributed by atoms with Gasteiger partial charge in [-0.2, -0.15) is 26.3 Å². The van der Waals surface area contributed by atoms with Crippen LogP contribution >= 0.6 is 11.3 Å². The molecule has 1 aromatic carbocycles. The van der Waals surface area contributed by atoms with Gasteiger partial charge in [-0.25, -0.2) is 14.5 Å². The zero-order valence-electron chi connectivity index (χ0n) is 11.7. The minimum absolute atomic E-state index is 0.112. The average molecular weight is 381 g/mol. The highest BCUT2D eigenvalue weighted by atomic mass is 32.2. The van der Waals surface area contributed by atoms with Crippen molar-refractivity contribution in [1.82, 2.24) is 9.71 Å². The molecule has 0 aliphatic heterocycles. The Kier molecular flexibility index (Phi) is 5.11. The molecule has 24 heavy (non-hydrogen) atoms. The third kappa shape index (κ3) is 4.91. The van der Waals surface area contributed by atoms with Gasteiger partial charge in [-0.1, -0.05) is 18.2 Å². The zero-order valence-corrected chi connectivity index (χ0v) is 13.3. The predicted molar refractivity (Wildman–Crippen MR) is 79.9 cm³/mol. The van der Waals surface area contributed by atoms with Crippen LogP contribution in [-0.4, -0.2) is 24.5 Å². The second kappa shape index (κ2) is 6.75. The summed E-state index contributed by atoms with van der Waals surface area (Å²) in [5, 5.41) is 9.67. The number of rotatable bonds is 6. The lowest BCUT2D eigenvalue weighted by Gasteiger charge is -2.10. The van der Waals surface area contributed by atoms with E-state index in [0.717, 1.165) is 28.8 Å². The number of alkyl halides is 3. The Balaban J connectivity index is 2.03. The second-order valence-corrected chi connectivity index (χ2v) is 6.83. The van der Waals surface area contributed by atoms with Crippen LogP contribution in [0, 0.1) is 0 Å². The number of aromatic nitrogens is 1. The van der Waals surface area contributed by atoms with Crippen molar-refractivity contribution in [2.45, 2.75) is 12.7 Å². The molecule has 0 aliphatic carbocycles. The standard InChI is InChI=1S/C12H10F3N3O4S2/c13-12(14,15)8-3-1-2-7(4-8)5-16-24(21,22)18-11-17-9(6-23-11)10(19)20/h1-4,6,16H,5H2,(H,17,18)(H,19,20). The molecule has 0 bridgehead atoms. The van der Waals surface area contributed by atoms with E-state index in [4.69, 9.17) is 5.11 Å². The molecule has 0 saturated carbocycles. The number of hydrogen-bond donors (Lipinski definition) is 3. The van der Waals surface area contributed by atoms with Gasteiger partial charge in [0.1, 0.15) is 0 Å². The third-order valence-corrected chi connectivity index (χ3v) is 4.54. The molecule has 3 N–H and O–H groups in total. The van der Waals surface area contributed by atoms with Crippen LogP contribution in [0.1, 0.15) is 21.6 Å². The van der Waals surface area contributed by atoms with Crippen LogP contribution < -0.4 is 9.44 Å². The maximum atomic E-state index is 12.6. The average Bonchev–Trinajstić information content (AvgIpc) is 2.93. The van der Waals surface area contributed by atoms with Crippen LogP contribution in [0.25, 0.3) is 0 Å². The van der Waals surface area contributed by atoms with Crippen molar-refractivity contribution in [2.24, 2.45) is 0 Å². The number of carboxylic acids is 1. The maximum absolute atomic E-state index is 12.6. The van der Waals surface area contributed by atoms with E-state index >= 15 is 0 Å². The first kappa shape index (κ1) is 18.2. The van der Waals surface area contributed by atoms with E-state index < -0.39 is 27.9 Å². The Bertz CT molecular complexity index is 849. The van der Waals surface area contributed by atoms with Crippen LogP contribution in [0.15, 0.2) is 29.6 Å². The first-order valence-electron chi connectivity index (χ1n) is 6.19. The lowest BCUT2D eigenvalue weighted by atomic mass is 10.1. The lowest BCUT2D eigenvalue weighted by molar-refractivity contribution is -0.137. The number of carbonyl (C=O) groups is 1. The topological polar surface area (TPSA) is 108 Å². The number of thiazole rings is 1. The summed E-state index contributed by atoms with van der Waals surface area (Å²) >= 11 is 0.761. The summed E-state index contributed by atoms with van der Waals surface area (Å²) in [6.07, 6.45) is -4.53. The highest BCUT2D eigenvalue weighted by Gasteiger charge is 2.30. The molecule has 0 amide bonds. The number of benzene rings is 1. The number of carboxylic acid groups (broad SMARTS) is 1. The summed E-state index contributed by atoms with van der Waals surface area (Å²) in [4.78, 5) is 14.2. The van der Waals surface area contributed by atoms with Crippen LogP contribution in [0.4, 0.5) is 18.3 Å². The van der Waals surface area contributed by atoms with Gasteiger partial charge in [0.25, 0.3) is 0 Å². The van der Waals surface area contributed by atoms with Crippen molar-refractivity contribution in [1.29, 1.82) is 0 Å². The first-order chi connectivity index (χ1) is 11.1. The summed E-state index contributed by atoms with van der Waals surface area (Å²) in [6, 6.07) is 4.21. The van der Waals surface area contributed by atoms with E-state index in [1.165, 1.54) is 12.1 Å². The Labute approximate surface area is 138 Å². The van der Waals surface area contributed by atoms with Gasteiger partial charge < -0.3 is 5.11 Å². The normalized spacial score (nSPS) is 12.1. The van der Waals surface area contributed by atoms with Crippen LogP contribution in [0.2, 0.25) is 0 Å². The molecule has 0 fully saturated rings. The van der Waals surface area contributed by atoms with Crippen molar-refractivity contribution in [3.05, 3.63) is 46.5 Å². The minimum Gasteiger partial charge on any atom is -0.476 e. The van der Waals surface area contributed by atoms with Crippen LogP contribution in [-0.2, 0) is 22.9 Å². The summed E-state index contributed by atoms with van der Waals surface area (Å²) in [5.74, 6) is -1.31. The number of halogens is 3. The largest absolute Gasteiger partial charge is 0.476 e. The molecular formula is C12H10F3N3O4S2. The quantitative estimate of drug-likeness (QED) is 0.712. The van der Waals surface area contributed by atoms with Gasteiger partial charge in [-0.05, 0) is 11.6 Å². The molecule has 0 unspecified atom stereocenters. The van der Waals surface area contributed by atoms with Gasteiger partial charge in [-0.3, -0.25) is 0 Å². The van der Waals surface area contributed by atoms with E-state index in [2.05, 4.69) is 9.71 Å². The summed E-state index contributed by atoms with van der Waals surface area (Å²) in [6.45, 7) is -0.379. The molecule has 12 heteroatoms. The lowest BCUT2D eigenvalue weighted by Crippen LogP contribution is -2.29. The zero-order chi connectivity index (χ0) is 18.0.